The van der Waals surface area contributed by atoms with Gasteiger partial charge in [-0.3, -0.25) is 19.3 Å². The number of halogens is 4. The molecule has 2 fully saturated rings. The number of carbonyl (C=O) groups excluding carboxylic acids is 3. The number of fused-ring (bicyclic) bond motifs is 4. The number of carbonyl (C=O) groups is 3. The Morgan fingerprint density at radius 3 is 2.37 bits per heavy atom. The number of primary amides is 1. The van der Waals surface area contributed by atoms with Crippen LogP contribution in [0.3, 0.4) is 0 Å². The van der Waals surface area contributed by atoms with E-state index in [2.05, 4.69) is 10.6 Å². The van der Waals surface area contributed by atoms with Crippen LogP contribution < -0.4 is 16.4 Å². The highest BCUT2D eigenvalue weighted by Crippen LogP contribution is 2.60. The molecule has 35 heavy (non-hydrogen) atoms. The van der Waals surface area contributed by atoms with E-state index in [1.54, 1.807) is 11.8 Å². The van der Waals surface area contributed by atoms with Gasteiger partial charge in [0, 0.05) is 38.9 Å². The van der Waals surface area contributed by atoms with E-state index in [0.717, 1.165) is 0 Å². The number of rotatable bonds is 3. The van der Waals surface area contributed by atoms with E-state index in [0.29, 0.717) is 27.0 Å². The van der Waals surface area contributed by atoms with Crippen molar-refractivity contribution in [1.29, 1.82) is 0 Å². The fourth-order valence-electron chi connectivity index (χ4n) is 5.96. The maximum atomic E-state index is 13.7. The molecule has 2 saturated heterocycles. The molecule has 5 rings (SSSR count). The summed E-state index contributed by atoms with van der Waals surface area (Å²) in [5.41, 5.74) is 3.92. The molecule has 3 aliphatic heterocycles. The number of nitrogens with two attached hydrogens (primary N) is 1. The third-order valence-corrected chi connectivity index (χ3v) is 7.98. The Balaban J connectivity index is 1.68. The first-order valence-corrected chi connectivity index (χ1v) is 12.2. The topological polar surface area (TPSA) is 125 Å². The molecular formula is C23H20Cl4N4O4. The minimum atomic E-state index is -1.69. The maximum Gasteiger partial charge on any atom is 0.250 e. The highest BCUT2D eigenvalue weighted by molar-refractivity contribution is 6.38. The van der Waals surface area contributed by atoms with E-state index in [-0.39, 0.29) is 23.0 Å². The quantitative estimate of drug-likeness (QED) is 0.458. The van der Waals surface area contributed by atoms with Gasteiger partial charge in [-0.1, -0.05) is 46.4 Å². The third-order valence-electron chi connectivity index (χ3n) is 7.03. The standard InChI is InChI=1S/C23H20Cl4N4O4/c1-22(35)7-15-16(20(33)29-12-3-9(24)2-10(25)4-12)17(19(28)32)23(31(15)8-22)13-5-11(26)6-14(27)18(13)30-21(23)34/h2-6,15-17,35H,7-8H2,1H3,(H2,28,32)(H,29,33)(H,30,34)/t15-,16+,17-,22+,23+/m1/s1. The Morgan fingerprint density at radius 2 is 1.74 bits per heavy atom. The average Bonchev–Trinajstić information content (AvgIpc) is 3.28. The summed E-state index contributed by atoms with van der Waals surface area (Å²) in [6, 6.07) is 6.85. The van der Waals surface area contributed by atoms with Crippen LogP contribution in [0.15, 0.2) is 30.3 Å². The summed E-state index contributed by atoms with van der Waals surface area (Å²) >= 11 is 24.8. The molecule has 8 nitrogen and oxygen atoms in total. The van der Waals surface area contributed by atoms with Crippen LogP contribution >= 0.6 is 46.4 Å². The van der Waals surface area contributed by atoms with Crippen molar-refractivity contribution in [3.05, 3.63) is 56.0 Å². The molecule has 0 saturated carbocycles. The van der Waals surface area contributed by atoms with E-state index in [4.69, 9.17) is 52.1 Å². The van der Waals surface area contributed by atoms with Gasteiger partial charge < -0.3 is 21.5 Å². The Labute approximate surface area is 220 Å². The molecule has 5 N–H and O–H groups in total. The smallest absolute Gasteiger partial charge is 0.250 e. The molecule has 2 aromatic carbocycles. The highest BCUT2D eigenvalue weighted by atomic mass is 35.5. The molecule has 12 heteroatoms. The summed E-state index contributed by atoms with van der Waals surface area (Å²) in [6.45, 7) is 1.63. The molecule has 2 aromatic rings. The van der Waals surface area contributed by atoms with Gasteiger partial charge >= 0.3 is 0 Å². The van der Waals surface area contributed by atoms with Crippen molar-refractivity contribution >= 4 is 75.5 Å². The van der Waals surface area contributed by atoms with Crippen molar-refractivity contribution in [3.8, 4) is 0 Å². The van der Waals surface area contributed by atoms with Crippen LogP contribution in [0.2, 0.25) is 20.1 Å². The number of hydrogen-bond acceptors (Lipinski definition) is 5. The summed E-state index contributed by atoms with van der Waals surface area (Å²) in [4.78, 5) is 42.1. The summed E-state index contributed by atoms with van der Waals surface area (Å²) in [5.74, 6) is -4.35. The van der Waals surface area contributed by atoms with Gasteiger partial charge in [0.25, 0.3) is 5.91 Å². The zero-order valence-corrected chi connectivity index (χ0v) is 21.3. The lowest BCUT2D eigenvalue weighted by Crippen LogP contribution is -2.55. The van der Waals surface area contributed by atoms with Gasteiger partial charge in [0.05, 0.1) is 28.1 Å². The fraction of sp³-hybridized carbons (Fsp3) is 0.348. The minimum Gasteiger partial charge on any atom is -0.389 e. The summed E-state index contributed by atoms with van der Waals surface area (Å²) in [5, 5.41) is 17.5. The van der Waals surface area contributed by atoms with Gasteiger partial charge in [0.15, 0.2) is 0 Å². The van der Waals surface area contributed by atoms with E-state index in [1.165, 1.54) is 30.3 Å². The zero-order valence-electron chi connectivity index (χ0n) is 18.2. The number of aliphatic hydroxyl groups is 1. The second kappa shape index (κ2) is 8.23. The minimum absolute atomic E-state index is 0.0191. The van der Waals surface area contributed by atoms with Crippen LogP contribution in [0.5, 0.6) is 0 Å². The largest absolute Gasteiger partial charge is 0.389 e. The average molecular weight is 558 g/mol. The second-order valence-corrected chi connectivity index (χ2v) is 11.2. The van der Waals surface area contributed by atoms with Crippen LogP contribution in [-0.4, -0.2) is 45.9 Å². The van der Waals surface area contributed by atoms with Crippen LogP contribution in [-0.2, 0) is 19.9 Å². The number of benzene rings is 2. The molecule has 0 bridgehead atoms. The van der Waals surface area contributed by atoms with Crippen LogP contribution in [0.4, 0.5) is 11.4 Å². The van der Waals surface area contributed by atoms with E-state index in [9.17, 15) is 19.5 Å². The van der Waals surface area contributed by atoms with E-state index < -0.39 is 46.7 Å². The summed E-state index contributed by atoms with van der Waals surface area (Å²) in [7, 11) is 0. The van der Waals surface area contributed by atoms with Crippen LogP contribution in [0.1, 0.15) is 18.9 Å². The molecule has 5 atom stereocenters. The molecule has 184 valence electrons. The first-order chi connectivity index (χ1) is 16.3. The zero-order chi connectivity index (χ0) is 25.4. The Morgan fingerprint density at radius 1 is 1.11 bits per heavy atom. The van der Waals surface area contributed by atoms with E-state index in [1.807, 2.05) is 0 Å². The Bertz CT molecular complexity index is 1280. The highest BCUT2D eigenvalue weighted by Gasteiger charge is 2.72. The lowest BCUT2D eigenvalue weighted by Gasteiger charge is -2.37. The van der Waals surface area contributed by atoms with Gasteiger partial charge in [-0.2, -0.15) is 0 Å². The summed E-state index contributed by atoms with van der Waals surface area (Å²) < 4.78 is 0. The van der Waals surface area contributed by atoms with Gasteiger partial charge in [0.1, 0.15) is 5.54 Å². The fourth-order valence-corrected chi connectivity index (χ4v) is 7.03. The predicted molar refractivity (Wildman–Crippen MR) is 134 cm³/mol. The van der Waals surface area contributed by atoms with Crippen LogP contribution in [0.25, 0.3) is 0 Å². The summed E-state index contributed by atoms with van der Waals surface area (Å²) in [6.07, 6.45) is 0.129. The van der Waals surface area contributed by atoms with Crippen molar-refractivity contribution in [2.75, 3.05) is 17.2 Å². The second-order valence-electron chi connectivity index (χ2n) is 9.48. The maximum absolute atomic E-state index is 13.7. The van der Waals surface area contributed by atoms with Gasteiger partial charge in [0.2, 0.25) is 11.8 Å². The van der Waals surface area contributed by atoms with Crippen LogP contribution in [0, 0.1) is 11.8 Å². The first kappa shape index (κ1) is 24.6. The number of nitrogens with zero attached hydrogens (tertiary/aromatic N) is 1. The molecule has 3 amide bonds. The Kier molecular flexibility index (Phi) is 5.79. The number of nitrogens with one attached hydrogen (secondary N) is 2. The Hall–Kier alpha value is -2.07. The van der Waals surface area contributed by atoms with Gasteiger partial charge in [-0.25, -0.2) is 0 Å². The van der Waals surface area contributed by atoms with Crippen molar-refractivity contribution in [2.24, 2.45) is 17.6 Å². The molecule has 0 aliphatic carbocycles. The molecule has 0 aromatic heterocycles. The molecule has 0 unspecified atom stereocenters. The number of hydrogen-bond donors (Lipinski definition) is 4. The number of amides is 3. The number of anilines is 2. The van der Waals surface area contributed by atoms with Gasteiger partial charge in [-0.15, -0.1) is 0 Å². The monoisotopic (exact) mass is 556 g/mol. The third kappa shape index (κ3) is 3.70. The van der Waals surface area contributed by atoms with Gasteiger partial charge in [-0.05, 0) is 43.7 Å². The first-order valence-electron chi connectivity index (χ1n) is 10.7. The SMILES string of the molecule is C[C@]1(O)C[C@@H]2[C@H](C(=O)Nc3cc(Cl)cc(Cl)c3)[C@H](C(N)=O)[C@@]3(C(=O)Nc4c(Cl)cc(Cl)cc43)N2C1. The van der Waals surface area contributed by atoms with Crippen molar-refractivity contribution in [1.82, 2.24) is 4.90 Å². The van der Waals surface area contributed by atoms with Crippen molar-refractivity contribution < 1.29 is 19.5 Å². The lowest BCUT2D eigenvalue weighted by molar-refractivity contribution is -0.139. The molecule has 3 aliphatic rings. The molecular weight excluding hydrogens is 538 g/mol. The van der Waals surface area contributed by atoms with Crippen molar-refractivity contribution in [3.63, 3.8) is 0 Å². The predicted octanol–water partition coefficient (Wildman–Crippen LogP) is 3.64. The normalized spacial score (nSPS) is 31.4. The van der Waals surface area contributed by atoms with E-state index >= 15 is 0 Å². The van der Waals surface area contributed by atoms with Crippen molar-refractivity contribution in [2.45, 2.75) is 30.5 Å². The molecule has 1 spiro atoms. The molecule has 0 radical (unpaired) electrons. The lowest BCUT2D eigenvalue weighted by atomic mass is 9.72. The molecule has 3 heterocycles.